The zero-order chi connectivity index (χ0) is 10.9. The standard InChI is InChI=1S/C14H27N/c1-12(2)14-8-5-13(6-9-14,7-10-14)4-3-11-15/h12H,3-11,15H2,1-2H3. The molecule has 0 aromatic heterocycles. The van der Waals surface area contributed by atoms with Crippen molar-refractivity contribution in [3.8, 4) is 0 Å². The van der Waals surface area contributed by atoms with E-state index >= 15 is 0 Å². The van der Waals surface area contributed by atoms with Gasteiger partial charge in [-0.3, -0.25) is 0 Å². The predicted octanol–water partition coefficient (Wildman–Crippen LogP) is 3.72. The van der Waals surface area contributed by atoms with E-state index in [1.54, 1.807) is 0 Å². The minimum atomic E-state index is 0.718. The zero-order valence-corrected chi connectivity index (χ0v) is 10.5. The Bertz CT molecular complexity index is 195. The molecule has 0 spiro atoms. The molecule has 3 fully saturated rings. The van der Waals surface area contributed by atoms with Crippen molar-refractivity contribution in [2.75, 3.05) is 6.54 Å². The lowest BCUT2D eigenvalue weighted by atomic mass is 9.50. The predicted molar refractivity (Wildman–Crippen MR) is 65.7 cm³/mol. The molecule has 3 saturated carbocycles. The van der Waals surface area contributed by atoms with Crippen LogP contribution in [-0.4, -0.2) is 6.54 Å². The highest BCUT2D eigenvalue weighted by molar-refractivity contribution is 5.00. The topological polar surface area (TPSA) is 26.0 Å². The molecule has 0 amide bonds. The molecule has 1 nitrogen and oxygen atoms in total. The number of rotatable bonds is 4. The first-order valence-corrected chi connectivity index (χ1v) is 6.83. The van der Waals surface area contributed by atoms with Crippen LogP contribution in [0.1, 0.15) is 65.2 Å². The Morgan fingerprint density at radius 2 is 1.53 bits per heavy atom. The van der Waals surface area contributed by atoms with E-state index in [0.29, 0.717) is 0 Å². The molecule has 0 radical (unpaired) electrons. The second kappa shape index (κ2) is 4.08. The van der Waals surface area contributed by atoms with E-state index in [4.69, 9.17) is 5.73 Å². The normalized spacial score (nSPS) is 40.0. The van der Waals surface area contributed by atoms with E-state index in [1.807, 2.05) is 0 Å². The van der Waals surface area contributed by atoms with Gasteiger partial charge >= 0.3 is 0 Å². The average Bonchev–Trinajstić information content (AvgIpc) is 2.29. The van der Waals surface area contributed by atoms with Gasteiger partial charge in [-0.15, -0.1) is 0 Å². The Kier molecular flexibility index (Phi) is 3.12. The van der Waals surface area contributed by atoms with Crippen LogP contribution in [0.4, 0.5) is 0 Å². The summed E-state index contributed by atoms with van der Waals surface area (Å²) in [4.78, 5) is 0. The van der Waals surface area contributed by atoms with Gasteiger partial charge in [-0.05, 0) is 74.7 Å². The van der Waals surface area contributed by atoms with Crippen LogP contribution >= 0.6 is 0 Å². The molecule has 2 bridgehead atoms. The van der Waals surface area contributed by atoms with Crippen LogP contribution in [0.3, 0.4) is 0 Å². The lowest BCUT2D eigenvalue weighted by Crippen LogP contribution is -2.44. The Hall–Kier alpha value is -0.0400. The quantitative estimate of drug-likeness (QED) is 0.750. The SMILES string of the molecule is CC(C)C12CCC(CCCN)(CC1)CC2. The molecule has 0 unspecified atom stereocenters. The molecule has 88 valence electrons. The highest BCUT2D eigenvalue weighted by Gasteiger charge is 2.48. The van der Waals surface area contributed by atoms with Crippen LogP contribution in [0.15, 0.2) is 0 Å². The van der Waals surface area contributed by atoms with Gasteiger partial charge in [0.25, 0.3) is 0 Å². The summed E-state index contributed by atoms with van der Waals surface area (Å²) in [5.41, 5.74) is 7.09. The number of nitrogens with two attached hydrogens (primary N) is 1. The average molecular weight is 209 g/mol. The highest BCUT2D eigenvalue weighted by atomic mass is 14.6. The Balaban J connectivity index is 1.98. The second-order valence-electron chi connectivity index (χ2n) is 6.41. The van der Waals surface area contributed by atoms with E-state index in [-0.39, 0.29) is 0 Å². The Morgan fingerprint density at radius 1 is 1.00 bits per heavy atom. The third-order valence-electron chi connectivity index (χ3n) is 5.60. The van der Waals surface area contributed by atoms with Crippen LogP contribution in [0.2, 0.25) is 0 Å². The zero-order valence-electron chi connectivity index (χ0n) is 10.5. The van der Waals surface area contributed by atoms with Gasteiger partial charge in [0.1, 0.15) is 0 Å². The van der Waals surface area contributed by atoms with Gasteiger partial charge in [0, 0.05) is 0 Å². The van der Waals surface area contributed by atoms with Crippen molar-refractivity contribution in [1.82, 2.24) is 0 Å². The van der Waals surface area contributed by atoms with Crippen LogP contribution in [-0.2, 0) is 0 Å². The smallest absolute Gasteiger partial charge is 0.00771 e. The van der Waals surface area contributed by atoms with E-state index in [2.05, 4.69) is 13.8 Å². The number of hydrogen-bond donors (Lipinski definition) is 1. The molecule has 0 saturated heterocycles. The maximum absolute atomic E-state index is 5.65. The number of hydrogen-bond acceptors (Lipinski definition) is 1. The molecular formula is C14H27N. The van der Waals surface area contributed by atoms with Crippen molar-refractivity contribution in [2.24, 2.45) is 22.5 Å². The van der Waals surface area contributed by atoms with Crippen LogP contribution in [0.25, 0.3) is 0 Å². The maximum atomic E-state index is 5.65. The van der Waals surface area contributed by atoms with Gasteiger partial charge in [0.15, 0.2) is 0 Å². The summed E-state index contributed by atoms with van der Waals surface area (Å²) in [5.74, 6) is 0.894. The Labute approximate surface area is 94.8 Å². The van der Waals surface area contributed by atoms with Gasteiger partial charge < -0.3 is 5.73 Å². The third kappa shape index (κ3) is 1.95. The van der Waals surface area contributed by atoms with E-state index < -0.39 is 0 Å². The van der Waals surface area contributed by atoms with Gasteiger partial charge in [-0.2, -0.15) is 0 Å². The highest BCUT2D eigenvalue weighted by Crippen LogP contribution is 2.61. The second-order valence-corrected chi connectivity index (χ2v) is 6.41. The first kappa shape index (κ1) is 11.4. The third-order valence-corrected chi connectivity index (χ3v) is 5.60. The minimum absolute atomic E-state index is 0.718. The molecule has 2 N–H and O–H groups in total. The molecule has 0 aromatic rings. The van der Waals surface area contributed by atoms with E-state index in [9.17, 15) is 0 Å². The fraction of sp³-hybridized carbons (Fsp3) is 1.00. The summed E-state index contributed by atoms with van der Waals surface area (Å²) in [7, 11) is 0. The summed E-state index contributed by atoms with van der Waals surface area (Å²) < 4.78 is 0. The van der Waals surface area contributed by atoms with Crippen molar-refractivity contribution in [3.63, 3.8) is 0 Å². The monoisotopic (exact) mass is 209 g/mol. The fourth-order valence-corrected chi connectivity index (χ4v) is 4.01. The van der Waals surface area contributed by atoms with Crippen molar-refractivity contribution < 1.29 is 0 Å². The fourth-order valence-electron chi connectivity index (χ4n) is 4.01. The summed E-state index contributed by atoms with van der Waals surface area (Å²) >= 11 is 0. The first-order chi connectivity index (χ1) is 7.13. The van der Waals surface area contributed by atoms with Crippen LogP contribution < -0.4 is 5.73 Å². The minimum Gasteiger partial charge on any atom is -0.330 e. The van der Waals surface area contributed by atoms with Gasteiger partial charge in [-0.25, -0.2) is 0 Å². The van der Waals surface area contributed by atoms with Crippen molar-refractivity contribution >= 4 is 0 Å². The first-order valence-electron chi connectivity index (χ1n) is 6.83. The summed E-state index contributed by atoms with van der Waals surface area (Å²) in [5, 5.41) is 0. The molecule has 3 rings (SSSR count). The lowest BCUT2D eigenvalue weighted by Gasteiger charge is -2.56. The summed E-state index contributed by atoms with van der Waals surface area (Å²) in [6, 6.07) is 0. The van der Waals surface area contributed by atoms with Gasteiger partial charge in [0.05, 0.1) is 0 Å². The van der Waals surface area contributed by atoms with Gasteiger partial charge in [-0.1, -0.05) is 13.8 Å². The molecule has 3 aliphatic rings. The van der Waals surface area contributed by atoms with Gasteiger partial charge in [0.2, 0.25) is 0 Å². The summed E-state index contributed by atoms with van der Waals surface area (Å²) in [6.45, 7) is 5.74. The molecular weight excluding hydrogens is 182 g/mol. The van der Waals surface area contributed by atoms with Crippen LogP contribution in [0, 0.1) is 16.7 Å². The molecule has 0 aliphatic heterocycles. The van der Waals surface area contributed by atoms with Crippen LogP contribution in [0.5, 0.6) is 0 Å². The van der Waals surface area contributed by atoms with Crippen molar-refractivity contribution in [3.05, 3.63) is 0 Å². The van der Waals surface area contributed by atoms with Crippen molar-refractivity contribution in [1.29, 1.82) is 0 Å². The lowest BCUT2D eigenvalue weighted by molar-refractivity contribution is -0.0430. The molecule has 0 aromatic carbocycles. The van der Waals surface area contributed by atoms with E-state index in [0.717, 1.165) is 23.3 Å². The molecule has 15 heavy (non-hydrogen) atoms. The molecule has 3 aliphatic carbocycles. The maximum Gasteiger partial charge on any atom is -0.00771 e. The van der Waals surface area contributed by atoms with E-state index in [1.165, 1.54) is 51.4 Å². The molecule has 1 heteroatoms. The largest absolute Gasteiger partial charge is 0.330 e. The molecule has 0 heterocycles. The number of fused-ring (bicyclic) bond motifs is 3. The Morgan fingerprint density at radius 3 is 1.93 bits per heavy atom. The summed E-state index contributed by atoms with van der Waals surface area (Å²) in [6.07, 6.45) is 11.6. The van der Waals surface area contributed by atoms with Crippen molar-refractivity contribution in [2.45, 2.75) is 65.2 Å². The molecule has 0 atom stereocenters.